The number of aromatic nitrogens is 5. The van der Waals surface area contributed by atoms with Gasteiger partial charge in [-0.05, 0) is 60.0 Å². The van der Waals surface area contributed by atoms with E-state index in [0.29, 0.717) is 80.6 Å². The Balaban J connectivity index is 0.727. The van der Waals surface area contributed by atoms with Crippen LogP contribution in [0.1, 0.15) is 46.7 Å². The number of aryl methyl sites for hydroxylation is 1. The van der Waals surface area contributed by atoms with Gasteiger partial charge in [-0.3, -0.25) is 48.6 Å². The van der Waals surface area contributed by atoms with Gasteiger partial charge < -0.3 is 24.6 Å². The first-order valence-corrected chi connectivity index (χ1v) is 22.4. The van der Waals surface area contributed by atoms with Gasteiger partial charge in [0.2, 0.25) is 17.7 Å². The molecule has 2 atom stereocenters. The van der Waals surface area contributed by atoms with E-state index in [1.165, 1.54) is 37.6 Å². The number of carbonyl (C=O) groups is 5. The molecule has 334 valence electrons. The molecule has 0 saturated carbocycles. The van der Waals surface area contributed by atoms with Crippen LogP contribution in [-0.2, 0) is 32.8 Å². The third-order valence-electron chi connectivity index (χ3n) is 12.9. The second-order valence-electron chi connectivity index (χ2n) is 16.7. The monoisotopic (exact) mass is 900 g/mol. The summed E-state index contributed by atoms with van der Waals surface area (Å²) in [4.78, 5) is 99.5. The molecular formula is C45H45FN12O6S. The summed E-state index contributed by atoms with van der Waals surface area (Å²) < 4.78 is 18.8. The lowest BCUT2D eigenvalue weighted by Gasteiger charge is -2.39. The number of nitrogens with one attached hydrogen (secondary N) is 3. The number of rotatable bonds is 10. The first kappa shape index (κ1) is 41.8. The van der Waals surface area contributed by atoms with Crippen molar-refractivity contribution in [3.8, 4) is 11.1 Å². The third kappa shape index (κ3) is 7.92. The minimum atomic E-state index is -1.13. The van der Waals surface area contributed by atoms with E-state index >= 15 is 4.39 Å². The van der Waals surface area contributed by atoms with E-state index in [-0.39, 0.29) is 53.8 Å². The Labute approximate surface area is 375 Å². The summed E-state index contributed by atoms with van der Waals surface area (Å²) in [7, 11) is 1.69. The largest absolute Gasteiger partial charge is 0.369 e. The molecule has 20 heteroatoms. The van der Waals surface area contributed by atoms with Crippen molar-refractivity contribution in [3.05, 3.63) is 112 Å². The van der Waals surface area contributed by atoms with Crippen LogP contribution >= 0.6 is 11.3 Å². The number of imide groups is 1. The van der Waals surface area contributed by atoms with E-state index in [2.05, 4.69) is 40.3 Å². The van der Waals surface area contributed by atoms with E-state index < -0.39 is 35.6 Å². The summed E-state index contributed by atoms with van der Waals surface area (Å²) >= 11 is 1.24. The quantitative estimate of drug-likeness (QED) is 0.171. The van der Waals surface area contributed by atoms with Gasteiger partial charge in [-0.25, -0.2) is 19.2 Å². The van der Waals surface area contributed by atoms with Crippen molar-refractivity contribution < 1.29 is 28.4 Å². The fourth-order valence-electron chi connectivity index (χ4n) is 9.37. The highest BCUT2D eigenvalue weighted by molar-refractivity contribution is 7.13. The number of benzene rings is 3. The molecule has 0 spiro atoms. The van der Waals surface area contributed by atoms with Crippen molar-refractivity contribution in [3.63, 3.8) is 0 Å². The van der Waals surface area contributed by atoms with Crippen LogP contribution < -0.4 is 26.1 Å². The topological polar surface area (TPSA) is 194 Å². The Bertz CT molecular complexity index is 2880. The highest BCUT2D eigenvalue weighted by atomic mass is 32.1. The average molecular weight is 901 g/mol. The number of fused-ring (bicyclic) bond motifs is 2. The Morgan fingerprint density at radius 3 is 2.31 bits per heavy atom. The molecule has 3 N–H and O–H groups in total. The highest BCUT2D eigenvalue weighted by Gasteiger charge is 2.41. The van der Waals surface area contributed by atoms with Gasteiger partial charge in [0.15, 0.2) is 11.2 Å². The molecule has 2 unspecified atom stereocenters. The number of amides is 5. The Hall–Kier alpha value is -7.19. The molecular weight excluding hydrogens is 856 g/mol. The fraction of sp³-hybridized carbons (Fsp3) is 0.333. The number of thiazole rings is 1. The van der Waals surface area contributed by atoms with Crippen LogP contribution in [0.25, 0.3) is 22.2 Å². The molecule has 6 aromatic rings. The molecule has 10 rings (SSSR count). The van der Waals surface area contributed by atoms with Crippen molar-refractivity contribution in [2.24, 2.45) is 7.05 Å². The standard InChI is InChI=1S/C45H45FN12O6S/c1-52-36-24-30(6-7-34(36)58(45(52)64)35-8-9-37(59)50-41(35)61)55-15-13-53(14-16-55)26-38(60)56-19-17-54(18-20-56)29-4-2-27(3-5-29)28-22-31-32(33(46)23-28)25-57(43(31)63)39(40-47-10-11-48-40)42(62)51-44-49-12-21-65-44/h2-7,10-12,21-24,35,39H,8-9,13-20,25-26H2,1H3,(H,47,48)(H,49,51,62)(H,50,59,61). The van der Waals surface area contributed by atoms with Crippen LogP contribution in [0.3, 0.4) is 0 Å². The van der Waals surface area contributed by atoms with Gasteiger partial charge in [-0.1, -0.05) is 12.1 Å². The van der Waals surface area contributed by atoms with E-state index in [0.717, 1.165) is 16.9 Å². The molecule has 65 heavy (non-hydrogen) atoms. The van der Waals surface area contributed by atoms with Gasteiger partial charge in [0.1, 0.15) is 17.7 Å². The molecule has 18 nitrogen and oxygen atoms in total. The zero-order chi connectivity index (χ0) is 44.9. The summed E-state index contributed by atoms with van der Waals surface area (Å²) in [5, 5.41) is 7.18. The number of carbonyl (C=O) groups excluding carboxylic acids is 5. The summed E-state index contributed by atoms with van der Waals surface area (Å²) in [5.41, 5.74) is 4.65. The summed E-state index contributed by atoms with van der Waals surface area (Å²) in [6.45, 7) is 5.49. The molecule has 4 aliphatic heterocycles. The predicted molar refractivity (Wildman–Crippen MR) is 240 cm³/mol. The van der Waals surface area contributed by atoms with Crippen LogP contribution in [-0.4, -0.2) is 127 Å². The number of nitrogens with zero attached hydrogens (tertiary/aromatic N) is 9. The van der Waals surface area contributed by atoms with E-state index in [1.54, 1.807) is 30.9 Å². The number of hydrogen-bond donors (Lipinski definition) is 3. The van der Waals surface area contributed by atoms with Crippen LogP contribution in [0.4, 0.5) is 20.9 Å². The number of piperazine rings is 2. The van der Waals surface area contributed by atoms with Crippen molar-refractivity contribution in [1.82, 2.24) is 44.1 Å². The molecule has 0 aliphatic carbocycles. The molecule has 0 radical (unpaired) electrons. The predicted octanol–water partition coefficient (Wildman–Crippen LogP) is 3.11. The van der Waals surface area contributed by atoms with Crippen LogP contribution in [0.2, 0.25) is 0 Å². The SMILES string of the molecule is Cn1c(=O)n(C2CCC(=O)NC2=O)c2ccc(N3CCN(CC(=O)N4CCN(c5ccc(-c6cc(F)c7c(c6)C(=O)N(C(C(=O)Nc6nccs6)c6ncc[nH]6)C7)cc5)CC4)CC3)cc21. The first-order chi connectivity index (χ1) is 31.5. The van der Waals surface area contributed by atoms with Crippen LogP contribution in [0, 0.1) is 5.82 Å². The molecule has 4 aliphatic rings. The van der Waals surface area contributed by atoms with Crippen molar-refractivity contribution in [2.45, 2.75) is 31.5 Å². The Kier molecular flexibility index (Phi) is 11.0. The lowest BCUT2D eigenvalue weighted by molar-refractivity contribution is -0.136. The van der Waals surface area contributed by atoms with Gasteiger partial charge in [-0.15, -0.1) is 11.3 Å². The van der Waals surface area contributed by atoms with E-state index in [1.807, 2.05) is 47.4 Å². The maximum absolute atomic E-state index is 15.8. The smallest absolute Gasteiger partial charge is 0.329 e. The van der Waals surface area contributed by atoms with Gasteiger partial charge in [0, 0.05) is 112 Å². The zero-order valence-corrected chi connectivity index (χ0v) is 36.2. The van der Waals surface area contributed by atoms with Gasteiger partial charge in [0.05, 0.1) is 24.1 Å². The molecule has 0 bridgehead atoms. The normalized spacial score (nSPS) is 18.6. The molecule has 3 fully saturated rings. The van der Waals surface area contributed by atoms with E-state index in [4.69, 9.17) is 0 Å². The number of anilines is 3. The number of H-pyrrole nitrogens is 1. The maximum atomic E-state index is 15.8. The Morgan fingerprint density at radius 2 is 1.60 bits per heavy atom. The Morgan fingerprint density at radius 1 is 0.862 bits per heavy atom. The maximum Gasteiger partial charge on any atom is 0.329 e. The molecule has 7 heterocycles. The second kappa shape index (κ2) is 17.1. The number of imidazole rings is 2. The molecule has 3 saturated heterocycles. The minimum Gasteiger partial charge on any atom is -0.369 e. The van der Waals surface area contributed by atoms with Gasteiger partial charge >= 0.3 is 5.69 Å². The summed E-state index contributed by atoms with van der Waals surface area (Å²) in [6, 6.07) is 14.7. The molecule has 3 aromatic heterocycles. The van der Waals surface area contributed by atoms with E-state index in [9.17, 15) is 28.8 Å². The van der Waals surface area contributed by atoms with Crippen LogP contribution in [0.5, 0.6) is 0 Å². The summed E-state index contributed by atoms with van der Waals surface area (Å²) in [5.74, 6) is -1.98. The number of aromatic amines is 1. The summed E-state index contributed by atoms with van der Waals surface area (Å²) in [6.07, 6.45) is 5.07. The van der Waals surface area contributed by atoms with Gasteiger partial charge in [-0.2, -0.15) is 0 Å². The van der Waals surface area contributed by atoms with Crippen molar-refractivity contribution in [1.29, 1.82) is 0 Å². The third-order valence-corrected chi connectivity index (χ3v) is 13.6. The lowest BCUT2D eigenvalue weighted by Crippen LogP contribution is -2.54. The fourth-order valence-corrected chi connectivity index (χ4v) is 9.90. The number of hydrogen-bond acceptors (Lipinski definition) is 12. The highest BCUT2D eigenvalue weighted by Crippen LogP contribution is 2.36. The lowest BCUT2D eigenvalue weighted by atomic mass is 9.99. The van der Waals surface area contributed by atoms with Crippen molar-refractivity contribution >= 4 is 68.4 Å². The number of piperidine rings is 1. The molecule has 3 aromatic carbocycles. The average Bonchev–Trinajstić information content (AvgIpc) is 4.14. The first-order valence-electron chi connectivity index (χ1n) is 21.5. The number of halogens is 1. The van der Waals surface area contributed by atoms with Gasteiger partial charge in [0.25, 0.3) is 11.8 Å². The minimum absolute atomic E-state index is 0.0852. The van der Waals surface area contributed by atoms with Crippen LogP contribution in [0.15, 0.2) is 83.4 Å². The second-order valence-corrected chi connectivity index (χ2v) is 17.5. The zero-order valence-electron chi connectivity index (χ0n) is 35.4. The van der Waals surface area contributed by atoms with Crippen molar-refractivity contribution in [2.75, 3.05) is 74.0 Å². The molecule has 5 amide bonds.